The lowest BCUT2D eigenvalue weighted by Crippen LogP contribution is -2.32. The van der Waals surface area contributed by atoms with Crippen LogP contribution >= 0.6 is 0 Å². The van der Waals surface area contributed by atoms with Gasteiger partial charge in [-0.2, -0.15) is 0 Å². The summed E-state index contributed by atoms with van der Waals surface area (Å²) in [6.45, 7) is 9.64. The molecule has 1 heterocycles. The second kappa shape index (κ2) is 5.74. The minimum Gasteiger partial charge on any atom is -0.353 e. The molecule has 5 nitrogen and oxygen atoms in total. The molecule has 0 atom stereocenters. The van der Waals surface area contributed by atoms with E-state index >= 15 is 0 Å². The number of nitrogen functional groups attached to an aromatic ring is 1. The van der Waals surface area contributed by atoms with E-state index in [-0.39, 0.29) is 0 Å². The van der Waals surface area contributed by atoms with E-state index in [0.29, 0.717) is 12.0 Å². The summed E-state index contributed by atoms with van der Waals surface area (Å²) in [6, 6.07) is 0.645. The van der Waals surface area contributed by atoms with E-state index in [1.165, 1.54) is 12.8 Å². The fourth-order valence-electron chi connectivity index (χ4n) is 2.32. The Balaban J connectivity index is 2.39. The summed E-state index contributed by atoms with van der Waals surface area (Å²) < 4.78 is 0. The zero-order valence-corrected chi connectivity index (χ0v) is 12.4. The van der Waals surface area contributed by atoms with E-state index in [1.807, 2.05) is 6.92 Å². The quantitative estimate of drug-likeness (QED) is 0.608. The van der Waals surface area contributed by atoms with Crippen molar-refractivity contribution in [2.24, 2.45) is 11.8 Å². The van der Waals surface area contributed by atoms with Gasteiger partial charge >= 0.3 is 0 Å². The van der Waals surface area contributed by atoms with Gasteiger partial charge in [0.05, 0.1) is 0 Å². The third kappa shape index (κ3) is 3.15. The predicted octanol–water partition coefficient (Wildman–Crippen LogP) is 2.26. The lowest BCUT2D eigenvalue weighted by molar-refractivity contribution is 0.600. The van der Waals surface area contributed by atoms with Crippen LogP contribution in [0, 0.1) is 12.8 Å². The summed E-state index contributed by atoms with van der Waals surface area (Å²) >= 11 is 0. The number of aryl methyl sites for hydroxylation is 1. The monoisotopic (exact) mass is 263 g/mol. The van der Waals surface area contributed by atoms with Crippen LogP contribution in [0.3, 0.4) is 0 Å². The number of anilines is 2. The molecule has 106 valence electrons. The fraction of sp³-hybridized carbons (Fsp3) is 0.714. The highest BCUT2D eigenvalue weighted by atomic mass is 15.3. The molecule has 0 spiro atoms. The smallest absolute Gasteiger partial charge is 0.148 e. The van der Waals surface area contributed by atoms with E-state index in [1.54, 1.807) is 0 Å². The molecule has 2 rings (SSSR count). The number of hydrazine groups is 1. The van der Waals surface area contributed by atoms with Crippen LogP contribution in [-0.4, -0.2) is 22.6 Å². The Morgan fingerprint density at radius 3 is 2.53 bits per heavy atom. The molecule has 0 unspecified atom stereocenters. The number of nitrogens with zero attached hydrogens (tertiary/aromatic N) is 3. The second-order valence-corrected chi connectivity index (χ2v) is 5.71. The van der Waals surface area contributed by atoms with E-state index in [9.17, 15) is 0 Å². The zero-order chi connectivity index (χ0) is 14.0. The number of nitrogens with two attached hydrogens (primary N) is 1. The number of rotatable bonds is 6. The largest absolute Gasteiger partial charge is 0.353 e. The molecule has 3 N–H and O–H groups in total. The average Bonchev–Trinajstić information content (AvgIpc) is 3.20. The second-order valence-electron chi connectivity index (χ2n) is 5.71. The van der Waals surface area contributed by atoms with E-state index in [2.05, 4.69) is 36.1 Å². The first-order valence-corrected chi connectivity index (χ1v) is 7.17. The van der Waals surface area contributed by atoms with Crippen molar-refractivity contribution < 1.29 is 0 Å². The maximum Gasteiger partial charge on any atom is 0.148 e. The molecule has 1 aromatic rings. The maximum absolute atomic E-state index is 5.58. The van der Waals surface area contributed by atoms with Gasteiger partial charge in [-0.05, 0) is 25.7 Å². The normalized spacial score (nSPS) is 14.8. The summed E-state index contributed by atoms with van der Waals surface area (Å²) in [6.07, 6.45) is 3.36. The van der Waals surface area contributed by atoms with Crippen molar-refractivity contribution in [1.82, 2.24) is 9.97 Å². The molecular weight excluding hydrogens is 238 g/mol. The summed E-state index contributed by atoms with van der Waals surface area (Å²) in [7, 11) is 0. The molecular formula is C14H25N5. The Bertz CT molecular complexity index is 440. The fourth-order valence-corrected chi connectivity index (χ4v) is 2.32. The molecule has 0 saturated heterocycles. The highest BCUT2D eigenvalue weighted by Crippen LogP contribution is 2.34. The van der Waals surface area contributed by atoms with Crippen LogP contribution in [0.4, 0.5) is 11.6 Å². The minimum atomic E-state index is 0.620. The minimum absolute atomic E-state index is 0.620. The topological polar surface area (TPSA) is 67.1 Å². The van der Waals surface area contributed by atoms with Crippen molar-refractivity contribution in [3.63, 3.8) is 0 Å². The van der Waals surface area contributed by atoms with Crippen molar-refractivity contribution in [3.05, 3.63) is 11.4 Å². The first-order chi connectivity index (χ1) is 9.06. The Kier molecular flexibility index (Phi) is 4.24. The Hall–Kier alpha value is -1.36. The molecule has 0 aliphatic heterocycles. The molecule has 5 heteroatoms. The summed E-state index contributed by atoms with van der Waals surface area (Å²) in [5.41, 5.74) is 3.75. The standard InChI is InChI=1S/C14H25N5/c1-5-12-16-13(18-15)10(4)14(17-12)19(8-9(2)3)11-6-7-11/h9,11H,5-8,15H2,1-4H3,(H,16,17,18). The molecule has 0 aromatic carbocycles. The van der Waals surface area contributed by atoms with Gasteiger partial charge < -0.3 is 10.3 Å². The first kappa shape index (κ1) is 14.1. The van der Waals surface area contributed by atoms with E-state index in [0.717, 1.165) is 36.0 Å². The summed E-state index contributed by atoms with van der Waals surface area (Å²) in [5, 5.41) is 0. The Labute approximate surface area is 115 Å². The summed E-state index contributed by atoms with van der Waals surface area (Å²) in [5.74, 6) is 8.85. The third-order valence-electron chi connectivity index (χ3n) is 3.44. The van der Waals surface area contributed by atoms with Crippen LogP contribution in [-0.2, 0) is 6.42 Å². The molecule has 0 amide bonds. The Morgan fingerprint density at radius 2 is 2.05 bits per heavy atom. The van der Waals surface area contributed by atoms with Gasteiger partial charge in [0.25, 0.3) is 0 Å². The van der Waals surface area contributed by atoms with Gasteiger partial charge in [0.15, 0.2) is 0 Å². The van der Waals surface area contributed by atoms with E-state index < -0.39 is 0 Å². The van der Waals surface area contributed by atoms with Gasteiger partial charge in [0.2, 0.25) is 0 Å². The van der Waals surface area contributed by atoms with Crippen LogP contribution in [0.5, 0.6) is 0 Å². The average molecular weight is 263 g/mol. The lowest BCUT2D eigenvalue weighted by atomic mass is 10.2. The van der Waals surface area contributed by atoms with Gasteiger partial charge in [-0.1, -0.05) is 20.8 Å². The number of hydrogen-bond donors (Lipinski definition) is 2. The van der Waals surface area contributed by atoms with Crippen LogP contribution in [0.2, 0.25) is 0 Å². The molecule has 1 saturated carbocycles. The lowest BCUT2D eigenvalue weighted by Gasteiger charge is -2.28. The highest BCUT2D eigenvalue weighted by Gasteiger charge is 2.32. The van der Waals surface area contributed by atoms with Crippen molar-refractivity contribution in [1.29, 1.82) is 0 Å². The number of nitrogens with one attached hydrogen (secondary N) is 1. The van der Waals surface area contributed by atoms with Gasteiger partial charge in [0.1, 0.15) is 17.5 Å². The van der Waals surface area contributed by atoms with Crippen LogP contribution in [0.25, 0.3) is 0 Å². The molecule has 0 bridgehead atoms. The van der Waals surface area contributed by atoms with Gasteiger partial charge in [-0.15, -0.1) is 0 Å². The number of aromatic nitrogens is 2. The highest BCUT2D eigenvalue weighted by molar-refractivity contribution is 5.59. The molecule has 1 aliphatic carbocycles. The third-order valence-corrected chi connectivity index (χ3v) is 3.44. The molecule has 19 heavy (non-hydrogen) atoms. The van der Waals surface area contributed by atoms with Crippen molar-refractivity contribution >= 4 is 11.6 Å². The molecule has 0 radical (unpaired) electrons. The molecule has 1 aromatic heterocycles. The zero-order valence-electron chi connectivity index (χ0n) is 12.4. The van der Waals surface area contributed by atoms with Crippen LogP contribution < -0.4 is 16.2 Å². The number of hydrogen-bond acceptors (Lipinski definition) is 5. The van der Waals surface area contributed by atoms with Crippen LogP contribution in [0.1, 0.15) is 45.0 Å². The van der Waals surface area contributed by atoms with Crippen molar-refractivity contribution in [2.45, 2.75) is 53.0 Å². The van der Waals surface area contributed by atoms with Gasteiger partial charge in [-0.25, -0.2) is 15.8 Å². The molecule has 1 aliphatic rings. The van der Waals surface area contributed by atoms with Crippen LogP contribution in [0.15, 0.2) is 0 Å². The van der Waals surface area contributed by atoms with Crippen molar-refractivity contribution in [2.75, 3.05) is 16.9 Å². The first-order valence-electron chi connectivity index (χ1n) is 7.17. The molecule has 1 fully saturated rings. The summed E-state index contributed by atoms with van der Waals surface area (Å²) in [4.78, 5) is 11.6. The Morgan fingerprint density at radius 1 is 1.37 bits per heavy atom. The predicted molar refractivity (Wildman–Crippen MR) is 79.2 cm³/mol. The van der Waals surface area contributed by atoms with Gasteiger partial charge in [-0.3, -0.25) is 0 Å². The van der Waals surface area contributed by atoms with Gasteiger partial charge in [0, 0.05) is 24.6 Å². The maximum atomic E-state index is 5.58. The van der Waals surface area contributed by atoms with Crippen molar-refractivity contribution in [3.8, 4) is 0 Å². The van der Waals surface area contributed by atoms with E-state index in [4.69, 9.17) is 10.8 Å². The SMILES string of the molecule is CCc1nc(NN)c(C)c(N(CC(C)C)C2CC2)n1.